The molecular weight excluding hydrogens is 311 g/mol. The molecule has 1 rings (SSSR count). The first-order chi connectivity index (χ1) is 9.36. The number of aliphatic hydroxyl groups is 2. The van der Waals surface area contributed by atoms with Crippen molar-refractivity contribution in [2.75, 3.05) is 11.8 Å². The Morgan fingerprint density at radius 1 is 1.25 bits per heavy atom. The second-order valence-corrected chi connectivity index (χ2v) is 5.02. The van der Waals surface area contributed by atoms with Crippen LogP contribution in [0, 0.1) is 0 Å². The van der Waals surface area contributed by atoms with E-state index in [0.29, 0.717) is 5.56 Å². The number of carbonyl (C=O) groups is 1. The first-order valence-electron chi connectivity index (χ1n) is 5.52. The van der Waals surface area contributed by atoms with E-state index in [4.69, 9.17) is 33.6 Å². The van der Waals surface area contributed by atoms with Crippen LogP contribution in [-0.4, -0.2) is 44.0 Å². The van der Waals surface area contributed by atoms with Crippen molar-refractivity contribution in [3.8, 4) is 0 Å². The van der Waals surface area contributed by atoms with Gasteiger partial charge in [0.1, 0.15) is 6.10 Å². The van der Waals surface area contributed by atoms with E-state index in [1.54, 1.807) is 0 Å². The van der Waals surface area contributed by atoms with E-state index >= 15 is 0 Å². The van der Waals surface area contributed by atoms with Crippen molar-refractivity contribution < 1.29 is 25.4 Å². The maximum absolute atomic E-state index is 11.3. The summed E-state index contributed by atoms with van der Waals surface area (Å²) < 4.78 is 0. The number of alkyl halides is 2. The van der Waals surface area contributed by atoms with Gasteiger partial charge in [-0.2, -0.15) is 0 Å². The quantitative estimate of drug-likeness (QED) is 0.386. The molecule has 0 bridgehead atoms. The summed E-state index contributed by atoms with van der Waals surface area (Å²) in [5.41, 5.74) is 0.447. The summed E-state index contributed by atoms with van der Waals surface area (Å²) in [6, 6.07) is 4.49. The zero-order valence-electron chi connectivity index (χ0n) is 10.1. The molecule has 0 heterocycles. The highest BCUT2D eigenvalue weighted by Crippen LogP contribution is 2.20. The summed E-state index contributed by atoms with van der Waals surface area (Å²) >= 11 is 10.7. The molecule has 0 saturated carbocycles. The van der Waals surface area contributed by atoms with Gasteiger partial charge < -0.3 is 15.5 Å². The van der Waals surface area contributed by atoms with Crippen LogP contribution in [0.4, 0.5) is 5.69 Å². The highest BCUT2D eigenvalue weighted by molar-refractivity contribution is 6.53. The van der Waals surface area contributed by atoms with Crippen molar-refractivity contribution in [2.45, 2.75) is 17.0 Å². The number of carbonyl (C=O) groups excluding carboxylic acids is 1. The second-order valence-electron chi connectivity index (χ2n) is 3.92. The number of halogens is 2. The minimum absolute atomic E-state index is 0.0763. The molecular formula is C11H14Cl2N2O5. The number of aliphatic hydroxyl groups excluding tert-OH is 2. The lowest BCUT2D eigenvalue weighted by molar-refractivity contribution is -0.121. The van der Waals surface area contributed by atoms with Crippen molar-refractivity contribution in [1.29, 1.82) is 0 Å². The number of benzene rings is 1. The number of amides is 1. The Kier molecular flexibility index (Phi) is 6.47. The van der Waals surface area contributed by atoms with Crippen LogP contribution < -0.4 is 10.5 Å². The standard InChI is InChI=1S/C11H14Cl2N2O5/c12-10(13)11(18)14-8(5-16)9(17)6-1-3-7(4-2-6)15(19)20/h1-4,8-10,16-17,19-20H,5H2,(H,14,18)/t8-,9+/m0/s1. The minimum atomic E-state index is -1.31. The van der Waals surface area contributed by atoms with Crippen molar-refractivity contribution in [2.24, 2.45) is 0 Å². The van der Waals surface area contributed by atoms with E-state index in [1.807, 2.05) is 0 Å². The largest absolute Gasteiger partial charge is 0.394 e. The average molecular weight is 325 g/mol. The van der Waals surface area contributed by atoms with Gasteiger partial charge in [0.15, 0.2) is 4.84 Å². The lowest BCUT2D eigenvalue weighted by Crippen LogP contribution is -2.44. The Bertz CT molecular complexity index is 441. The van der Waals surface area contributed by atoms with Gasteiger partial charge in [0.2, 0.25) is 0 Å². The summed E-state index contributed by atoms with van der Waals surface area (Å²) in [4.78, 5) is 10.0. The molecule has 0 aliphatic carbocycles. The molecule has 20 heavy (non-hydrogen) atoms. The number of rotatable bonds is 6. The zero-order valence-corrected chi connectivity index (χ0v) is 11.7. The van der Waals surface area contributed by atoms with Crippen LogP contribution in [0.3, 0.4) is 0 Å². The number of hydrogen-bond acceptors (Lipinski definition) is 6. The summed E-state index contributed by atoms with van der Waals surface area (Å²) in [6.07, 6.45) is -1.21. The highest BCUT2D eigenvalue weighted by atomic mass is 35.5. The predicted octanol–water partition coefficient (Wildman–Crippen LogP) is 0.586. The normalized spacial score (nSPS) is 13.9. The Balaban J connectivity index is 2.80. The second kappa shape index (κ2) is 7.63. The van der Waals surface area contributed by atoms with Crippen LogP contribution in [0.1, 0.15) is 11.7 Å². The van der Waals surface area contributed by atoms with Crippen molar-refractivity contribution in [1.82, 2.24) is 5.32 Å². The lowest BCUT2D eigenvalue weighted by atomic mass is 10.0. The summed E-state index contributed by atoms with van der Waals surface area (Å²) in [5, 5.41) is 39.0. The SMILES string of the molecule is O=C(N[C@@H](CO)[C@H](O)c1ccc(N(O)O)cc1)C(Cl)Cl. The number of hydrogen-bond donors (Lipinski definition) is 5. The van der Waals surface area contributed by atoms with Crippen LogP contribution in [0.15, 0.2) is 24.3 Å². The van der Waals surface area contributed by atoms with Crippen LogP contribution >= 0.6 is 23.2 Å². The van der Waals surface area contributed by atoms with Crippen molar-refractivity contribution in [3.05, 3.63) is 29.8 Å². The molecule has 0 spiro atoms. The first-order valence-corrected chi connectivity index (χ1v) is 6.39. The van der Waals surface area contributed by atoms with E-state index in [2.05, 4.69) is 5.32 Å². The van der Waals surface area contributed by atoms with Gasteiger partial charge in [0.05, 0.1) is 18.3 Å². The van der Waals surface area contributed by atoms with Gasteiger partial charge in [0.25, 0.3) is 5.91 Å². The van der Waals surface area contributed by atoms with Gasteiger partial charge in [-0.3, -0.25) is 15.2 Å². The minimum Gasteiger partial charge on any atom is -0.394 e. The fourth-order valence-electron chi connectivity index (χ4n) is 1.51. The first kappa shape index (κ1) is 17.0. The molecule has 9 heteroatoms. The molecule has 0 aliphatic rings. The van der Waals surface area contributed by atoms with E-state index in [9.17, 15) is 15.0 Å². The molecule has 0 aromatic heterocycles. The van der Waals surface area contributed by atoms with Gasteiger partial charge in [-0.05, 0) is 17.7 Å². The third-order valence-electron chi connectivity index (χ3n) is 2.57. The van der Waals surface area contributed by atoms with Gasteiger partial charge in [-0.1, -0.05) is 35.3 Å². The fourth-order valence-corrected chi connectivity index (χ4v) is 1.63. The molecule has 0 fully saturated rings. The van der Waals surface area contributed by atoms with Crippen LogP contribution in [-0.2, 0) is 4.79 Å². The molecule has 112 valence electrons. The lowest BCUT2D eigenvalue weighted by Gasteiger charge is -2.23. The Labute approximate surface area is 124 Å². The smallest absolute Gasteiger partial charge is 0.253 e. The van der Waals surface area contributed by atoms with Crippen molar-refractivity contribution in [3.63, 3.8) is 0 Å². The molecule has 7 nitrogen and oxygen atoms in total. The molecule has 0 aliphatic heterocycles. The Morgan fingerprint density at radius 2 is 1.80 bits per heavy atom. The van der Waals surface area contributed by atoms with E-state index in [0.717, 1.165) is 0 Å². The topological polar surface area (TPSA) is 113 Å². The molecule has 1 aromatic rings. The third kappa shape index (κ3) is 4.48. The molecule has 2 atom stereocenters. The molecule has 5 N–H and O–H groups in total. The van der Waals surface area contributed by atoms with E-state index in [-0.39, 0.29) is 10.9 Å². The highest BCUT2D eigenvalue weighted by Gasteiger charge is 2.24. The van der Waals surface area contributed by atoms with Gasteiger partial charge in [0, 0.05) is 0 Å². The Hall–Kier alpha value is -1.09. The average Bonchev–Trinajstić information content (AvgIpc) is 2.43. The van der Waals surface area contributed by atoms with Gasteiger partial charge in [-0.25, -0.2) is 0 Å². The number of nitrogens with zero attached hydrogens (tertiary/aromatic N) is 1. The zero-order chi connectivity index (χ0) is 15.3. The maximum Gasteiger partial charge on any atom is 0.253 e. The predicted molar refractivity (Wildman–Crippen MR) is 72.0 cm³/mol. The molecule has 1 aromatic carbocycles. The third-order valence-corrected chi connectivity index (χ3v) is 2.97. The number of anilines is 1. The molecule has 1 amide bonds. The summed E-state index contributed by atoms with van der Waals surface area (Å²) in [7, 11) is 0. The van der Waals surface area contributed by atoms with E-state index in [1.165, 1.54) is 24.3 Å². The van der Waals surface area contributed by atoms with Crippen LogP contribution in [0.5, 0.6) is 0 Å². The Morgan fingerprint density at radius 3 is 2.20 bits per heavy atom. The maximum atomic E-state index is 11.3. The van der Waals surface area contributed by atoms with Gasteiger partial charge >= 0.3 is 0 Å². The summed E-state index contributed by atoms with van der Waals surface area (Å²) in [6.45, 7) is -0.527. The van der Waals surface area contributed by atoms with Crippen LogP contribution in [0.2, 0.25) is 0 Å². The fraction of sp³-hybridized carbons (Fsp3) is 0.364. The van der Waals surface area contributed by atoms with Crippen molar-refractivity contribution >= 4 is 34.8 Å². The molecule has 0 radical (unpaired) electrons. The summed E-state index contributed by atoms with van der Waals surface area (Å²) in [5.74, 6) is -0.736. The molecule has 0 unspecified atom stereocenters. The van der Waals surface area contributed by atoms with E-state index < -0.39 is 29.5 Å². The van der Waals surface area contributed by atoms with Gasteiger partial charge in [-0.15, -0.1) is 5.23 Å². The number of nitrogens with one attached hydrogen (secondary N) is 1. The monoisotopic (exact) mass is 324 g/mol. The van der Waals surface area contributed by atoms with Crippen LogP contribution in [0.25, 0.3) is 0 Å². The molecule has 0 saturated heterocycles.